The molecule has 1 heterocycles. The lowest BCUT2D eigenvalue weighted by Crippen LogP contribution is -2.21. The molecule has 0 radical (unpaired) electrons. The van der Waals surface area contributed by atoms with Gasteiger partial charge in [-0.3, -0.25) is 9.48 Å². The van der Waals surface area contributed by atoms with Crippen molar-refractivity contribution in [1.29, 1.82) is 0 Å². The lowest BCUT2D eigenvalue weighted by molar-refractivity contribution is 0.0976. The van der Waals surface area contributed by atoms with Crippen LogP contribution in [-0.4, -0.2) is 41.1 Å². The van der Waals surface area contributed by atoms with Crippen molar-refractivity contribution in [2.24, 2.45) is 0 Å². The maximum absolute atomic E-state index is 11.7. The van der Waals surface area contributed by atoms with Crippen molar-refractivity contribution < 1.29 is 4.79 Å². The molecule has 0 saturated heterocycles. The molecule has 0 fully saturated rings. The summed E-state index contributed by atoms with van der Waals surface area (Å²) in [4.78, 5) is 13.7. The molecular weight excluding hydrogens is 258 g/mol. The minimum Gasteiger partial charge on any atom is -0.308 e. The highest BCUT2D eigenvalue weighted by Gasteiger charge is 2.14. The highest BCUT2D eigenvalue weighted by Crippen LogP contribution is 2.17. The van der Waals surface area contributed by atoms with E-state index in [-0.39, 0.29) is 5.78 Å². The van der Waals surface area contributed by atoms with E-state index in [0.29, 0.717) is 12.1 Å². The average Bonchev–Trinajstić information content (AvgIpc) is 2.55. The van der Waals surface area contributed by atoms with Gasteiger partial charge in [0.25, 0.3) is 0 Å². The molecule has 5 heteroatoms. The molecule has 0 bridgehead atoms. The molecule has 0 aromatic carbocycles. The van der Waals surface area contributed by atoms with Gasteiger partial charge in [-0.25, -0.2) is 0 Å². The fourth-order valence-corrected chi connectivity index (χ4v) is 1.79. The molecule has 1 rings (SSSR count). The summed E-state index contributed by atoms with van der Waals surface area (Å²) in [7, 11) is 4.00. The zero-order chi connectivity index (χ0) is 11.4. The number of rotatable bonds is 5. The van der Waals surface area contributed by atoms with Crippen LogP contribution in [0.1, 0.15) is 23.8 Å². The molecule has 0 spiro atoms. The predicted octanol–water partition coefficient (Wildman–Crippen LogP) is 1.80. The number of likely N-dealkylation sites (N-methyl/N-ethyl adjacent to an activating group) is 1. The van der Waals surface area contributed by atoms with E-state index in [9.17, 15) is 4.79 Å². The first-order valence-electron chi connectivity index (χ1n) is 4.95. The Kier molecular flexibility index (Phi) is 4.47. The number of ketones is 1. The van der Waals surface area contributed by atoms with Gasteiger partial charge < -0.3 is 4.90 Å². The number of hydrogen-bond donors (Lipinski definition) is 0. The van der Waals surface area contributed by atoms with E-state index in [2.05, 4.69) is 25.9 Å². The Balaban J connectivity index is 2.84. The molecule has 84 valence electrons. The molecule has 1 aromatic rings. The number of halogens is 1. The lowest BCUT2D eigenvalue weighted by Gasteiger charge is -2.11. The Labute approximate surface area is 98.4 Å². The van der Waals surface area contributed by atoms with Crippen LogP contribution >= 0.6 is 15.9 Å². The Hall–Kier alpha value is -0.680. The largest absolute Gasteiger partial charge is 0.308 e. The Morgan fingerprint density at radius 2 is 2.27 bits per heavy atom. The van der Waals surface area contributed by atoms with Gasteiger partial charge in [-0.1, -0.05) is 6.92 Å². The number of carbonyl (C=O) groups excluding carboxylic acids is 1. The number of hydrogen-bond acceptors (Lipinski definition) is 3. The van der Waals surface area contributed by atoms with Crippen LogP contribution < -0.4 is 0 Å². The number of aromatic nitrogens is 2. The fraction of sp³-hybridized carbons (Fsp3) is 0.600. The molecule has 0 aliphatic carbocycles. The monoisotopic (exact) mass is 273 g/mol. The summed E-state index contributed by atoms with van der Waals surface area (Å²) in [5.41, 5.74) is 0.680. The second-order valence-corrected chi connectivity index (χ2v) is 4.50. The summed E-state index contributed by atoms with van der Waals surface area (Å²) in [5, 5.41) is 4.18. The highest BCUT2D eigenvalue weighted by atomic mass is 79.9. The first kappa shape index (κ1) is 12.4. The minimum atomic E-state index is 0.123. The molecule has 0 saturated carbocycles. The van der Waals surface area contributed by atoms with Crippen molar-refractivity contribution in [3.8, 4) is 0 Å². The zero-order valence-electron chi connectivity index (χ0n) is 9.33. The molecule has 15 heavy (non-hydrogen) atoms. The number of carbonyl (C=O) groups is 1. The Morgan fingerprint density at radius 3 is 2.80 bits per heavy atom. The fourth-order valence-electron chi connectivity index (χ4n) is 1.27. The molecule has 0 amide bonds. The summed E-state index contributed by atoms with van der Waals surface area (Å²) < 4.78 is 2.55. The minimum absolute atomic E-state index is 0.123. The van der Waals surface area contributed by atoms with Gasteiger partial charge in [-0.05, 0) is 30.0 Å². The van der Waals surface area contributed by atoms with Crippen LogP contribution in [0.4, 0.5) is 0 Å². The standard InChI is InChI=1S/C10H16BrN3O/c1-4-9(15)10-8(11)7-12-14(10)6-5-13(2)3/h7H,4-6H2,1-3H3. The molecule has 4 nitrogen and oxygen atoms in total. The number of nitrogens with zero attached hydrogens (tertiary/aromatic N) is 3. The van der Waals surface area contributed by atoms with Crippen LogP contribution in [0.3, 0.4) is 0 Å². The van der Waals surface area contributed by atoms with E-state index >= 15 is 0 Å². The average molecular weight is 274 g/mol. The van der Waals surface area contributed by atoms with E-state index in [1.54, 1.807) is 10.9 Å². The SMILES string of the molecule is CCC(=O)c1c(Br)cnn1CCN(C)C. The van der Waals surface area contributed by atoms with Crippen LogP contribution in [0, 0.1) is 0 Å². The first-order chi connectivity index (χ1) is 7.06. The van der Waals surface area contributed by atoms with Crippen molar-refractivity contribution in [3.05, 3.63) is 16.4 Å². The maximum Gasteiger partial charge on any atom is 0.181 e. The zero-order valence-corrected chi connectivity index (χ0v) is 10.9. The van der Waals surface area contributed by atoms with Crippen LogP contribution in [0.2, 0.25) is 0 Å². The normalized spacial score (nSPS) is 11.0. The first-order valence-corrected chi connectivity index (χ1v) is 5.74. The van der Waals surface area contributed by atoms with E-state index in [1.165, 1.54) is 0 Å². The van der Waals surface area contributed by atoms with Gasteiger partial charge in [0.1, 0.15) is 5.69 Å². The van der Waals surface area contributed by atoms with Crippen LogP contribution in [0.25, 0.3) is 0 Å². The second-order valence-electron chi connectivity index (χ2n) is 3.64. The molecular formula is C10H16BrN3O. The van der Waals surface area contributed by atoms with Crippen molar-refractivity contribution in [2.75, 3.05) is 20.6 Å². The summed E-state index contributed by atoms with van der Waals surface area (Å²) in [6.45, 7) is 3.47. The second kappa shape index (κ2) is 5.42. The van der Waals surface area contributed by atoms with Gasteiger partial charge >= 0.3 is 0 Å². The maximum atomic E-state index is 11.7. The molecule has 0 unspecified atom stereocenters. The summed E-state index contributed by atoms with van der Waals surface area (Å²) in [6, 6.07) is 0. The number of Topliss-reactive ketones (excluding diaryl/α,β-unsaturated/α-hetero) is 1. The predicted molar refractivity (Wildman–Crippen MR) is 63.1 cm³/mol. The van der Waals surface area contributed by atoms with Crippen molar-refractivity contribution in [1.82, 2.24) is 14.7 Å². The van der Waals surface area contributed by atoms with Gasteiger partial charge in [0.05, 0.1) is 17.2 Å². The Morgan fingerprint density at radius 1 is 1.60 bits per heavy atom. The summed E-state index contributed by atoms with van der Waals surface area (Å²) >= 11 is 3.35. The van der Waals surface area contributed by atoms with Gasteiger partial charge in [0.15, 0.2) is 5.78 Å². The molecule has 0 atom stereocenters. The summed E-state index contributed by atoms with van der Waals surface area (Å²) in [5.74, 6) is 0.123. The van der Waals surface area contributed by atoms with Gasteiger partial charge in [0, 0.05) is 13.0 Å². The lowest BCUT2D eigenvalue weighted by atomic mass is 10.2. The molecule has 0 N–H and O–H groups in total. The molecule has 0 aliphatic heterocycles. The van der Waals surface area contributed by atoms with E-state index in [4.69, 9.17) is 0 Å². The van der Waals surface area contributed by atoms with Crippen molar-refractivity contribution in [2.45, 2.75) is 19.9 Å². The Bertz CT molecular complexity index is 346. The third-order valence-corrected chi connectivity index (χ3v) is 2.72. The third kappa shape index (κ3) is 3.14. The molecule has 0 aliphatic rings. The van der Waals surface area contributed by atoms with Gasteiger partial charge in [-0.15, -0.1) is 0 Å². The van der Waals surface area contributed by atoms with Crippen molar-refractivity contribution >= 4 is 21.7 Å². The quantitative estimate of drug-likeness (QED) is 0.768. The van der Waals surface area contributed by atoms with E-state index in [1.807, 2.05) is 21.0 Å². The highest BCUT2D eigenvalue weighted by molar-refractivity contribution is 9.10. The molecule has 1 aromatic heterocycles. The van der Waals surface area contributed by atoms with E-state index in [0.717, 1.165) is 17.6 Å². The van der Waals surface area contributed by atoms with Crippen LogP contribution in [0.15, 0.2) is 10.7 Å². The summed E-state index contributed by atoms with van der Waals surface area (Å²) in [6.07, 6.45) is 2.19. The van der Waals surface area contributed by atoms with Gasteiger partial charge in [-0.2, -0.15) is 5.10 Å². The van der Waals surface area contributed by atoms with Crippen LogP contribution in [0.5, 0.6) is 0 Å². The third-order valence-electron chi connectivity index (χ3n) is 2.14. The van der Waals surface area contributed by atoms with Crippen LogP contribution in [-0.2, 0) is 6.54 Å². The van der Waals surface area contributed by atoms with E-state index < -0.39 is 0 Å². The van der Waals surface area contributed by atoms with Crippen molar-refractivity contribution in [3.63, 3.8) is 0 Å². The topological polar surface area (TPSA) is 38.1 Å². The smallest absolute Gasteiger partial charge is 0.181 e. The van der Waals surface area contributed by atoms with Gasteiger partial charge in [0.2, 0.25) is 0 Å².